The number of carbonyl (C=O) groups excluding carboxylic acids is 1. The van der Waals surface area contributed by atoms with Crippen LogP contribution in [0.1, 0.15) is 26.2 Å². The fourth-order valence-corrected chi connectivity index (χ4v) is 2.85. The lowest BCUT2D eigenvalue weighted by atomic mass is 10.1. The molecule has 1 aromatic carbocycles. The molecule has 0 aromatic heterocycles. The first-order valence-corrected chi connectivity index (χ1v) is 7.47. The number of carbonyl (C=O) groups is 1. The van der Waals surface area contributed by atoms with E-state index in [4.69, 9.17) is 4.74 Å². The second kappa shape index (κ2) is 5.94. The number of hydrogen-bond donors (Lipinski definition) is 2. The van der Waals surface area contributed by atoms with Crippen molar-refractivity contribution in [3.63, 3.8) is 0 Å². The highest BCUT2D eigenvalue weighted by Crippen LogP contribution is 2.38. The standard InChI is InChI=1S/C16H22N2O2/c1-11(16(19)18-13-5-3-2-4-6-13)17-14-9-10-20-15(14)12-7-8-12/h2-6,11-12,14-15,17H,7-10H2,1H3,(H,18,19). The van der Waals surface area contributed by atoms with Gasteiger partial charge in [0.25, 0.3) is 0 Å². The van der Waals surface area contributed by atoms with Gasteiger partial charge in [0.2, 0.25) is 5.91 Å². The van der Waals surface area contributed by atoms with E-state index in [-0.39, 0.29) is 11.9 Å². The van der Waals surface area contributed by atoms with Crippen molar-refractivity contribution in [1.82, 2.24) is 5.32 Å². The van der Waals surface area contributed by atoms with E-state index in [1.54, 1.807) is 0 Å². The Bertz CT molecular complexity index is 459. The number of nitrogens with one attached hydrogen (secondary N) is 2. The molecule has 0 bridgehead atoms. The lowest BCUT2D eigenvalue weighted by molar-refractivity contribution is -0.118. The van der Waals surface area contributed by atoms with Crippen LogP contribution in [0.4, 0.5) is 5.69 Å². The van der Waals surface area contributed by atoms with Gasteiger partial charge in [-0.15, -0.1) is 0 Å². The zero-order valence-electron chi connectivity index (χ0n) is 11.8. The van der Waals surface area contributed by atoms with Gasteiger partial charge >= 0.3 is 0 Å². The van der Waals surface area contributed by atoms with Crippen molar-refractivity contribution < 1.29 is 9.53 Å². The average Bonchev–Trinajstić information content (AvgIpc) is 3.20. The van der Waals surface area contributed by atoms with Crippen LogP contribution >= 0.6 is 0 Å². The predicted octanol–water partition coefficient (Wildman–Crippen LogP) is 2.17. The second-order valence-electron chi connectivity index (χ2n) is 5.81. The van der Waals surface area contributed by atoms with Crippen LogP contribution in [0.2, 0.25) is 0 Å². The van der Waals surface area contributed by atoms with E-state index in [1.807, 2.05) is 37.3 Å². The van der Waals surface area contributed by atoms with Crippen molar-refractivity contribution in [2.75, 3.05) is 11.9 Å². The average molecular weight is 274 g/mol. The van der Waals surface area contributed by atoms with Gasteiger partial charge in [-0.25, -0.2) is 0 Å². The van der Waals surface area contributed by atoms with Gasteiger partial charge in [0, 0.05) is 18.3 Å². The quantitative estimate of drug-likeness (QED) is 0.865. The fraction of sp³-hybridized carbons (Fsp3) is 0.562. The van der Waals surface area contributed by atoms with E-state index >= 15 is 0 Å². The third kappa shape index (κ3) is 3.19. The Hall–Kier alpha value is -1.39. The van der Waals surface area contributed by atoms with Crippen LogP contribution < -0.4 is 10.6 Å². The molecule has 1 heterocycles. The Morgan fingerprint density at radius 1 is 1.25 bits per heavy atom. The summed E-state index contributed by atoms with van der Waals surface area (Å²) in [5, 5.41) is 6.37. The summed E-state index contributed by atoms with van der Waals surface area (Å²) in [6, 6.07) is 9.69. The zero-order chi connectivity index (χ0) is 13.9. The molecule has 4 nitrogen and oxygen atoms in total. The summed E-state index contributed by atoms with van der Waals surface area (Å²) in [4.78, 5) is 12.2. The number of para-hydroxylation sites is 1. The van der Waals surface area contributed by atoms with Crippen LogP contribution in [-0.4, -0.2) is 30.7 Å². The molecule has 2 aliphatic rings. The normalized spacial score (nSPS) is 27.2. The highest BCUT2D eigenvalue weighted by molar-refractivity contribution is 5.94. The summed E-state index contributed by atoms with van der Waals surface area (Å²) in [6.45, 7) is 2.73. The SMILES string of the molecule is CC(NC1CCOC1C1CC1)C(=O)Nc1ccccc1. The minimum Gasteiger partial charge on any atom is -0.376 e. The van der Waals surface area contributed by atoms with E-state index < -0.39 is 0 Å². The molecule has 1 saturated carbocycles. The Labute approximate surface area is 119 Å². The summed E-state index contributed by atoms with van der Waals surface area (Å²) >= 11 is 0. The topological polar surface area (TPSA) is 50.4 Å². The molecule has 20 heavy (non-hydrogen) atoms. The third-order valence-corrected chi connectivity index (χ3v) is 4.12. The highest BCUT2D eigenvalue weighted by Gasteiger charge is 2.41. The van der Waals surface area contributed by atoms with Gasteiger partial charge in [-0.2, -0.15) is 0 Å². The van der Waals surface area contributed by atoms with Gasteiger partial charge in [0.1, 0.15) is 0 Å². The summed E-state index contributed by atoms with van der Waals surface area (Å²) < 4.78 is 5.79. The van der Waals surface area contributed by atoms with Gasteiger partial charge in [-0.05, 0) is 44.2 Å². The molecule has 1 amide bonds. The van der Waals surface area contributed by atoms with E-state index in [1.165, 1.54) is 12.8 Å². The van der Waals surface area contributed by atoms with Gasteiger partial charge in [-0.3, -0.25) is 4.79 Å². The van der Waals surface area contributed by atoms with Crippen LogP contribution in [0, 0.1) is 5.92 Å². The molecule has 0 radical (unpaired) electrons. The first kappa shape index (κ1) is 13.6. The van der Waals surface area contributed by atoms with Crippen LogP contribution in [0.25, 0.3) is 0 Å². The maximum absolute atomic E-state index is 12.2. The van der Waals surface area contributed by atoms with Crippen LogP contribution in [-0.2, 0) is 9.53 Å². The van der Waals surface area contributed by atoms with Crippen molar-refractivity contribution in [3.05, 3.63) is 30.3 Å². The highest BCUT2D eigenvalue weighted by atomic mass is 16.5. The maximum atomic E-state index is 12.2. The molecule has 1 aliphatic heterocycles. The summed E-state index contributed by atoms with van der Waals surface area (Å²) in [5.74, 6) is 0.719. The zero-order valence-corrected chi connectivity index (χ0v) is 11.8. The molecule has 108 valence electrons. The minimum atomic E-state index is -0.205. The van der Waals surface area contributed by atoms with E-state index in [0.717, 1.165) is 18.7 Å². The van der Waals surface area contributed by atoms with Crippen LogP contribution in [0.5, 0.6) is 0 Å². The number of anilines is 1. The fourth-order valence-electron chi connectivity index (χ4n) is 2.85. The first-order valence-electron chi connectivity index (χ1n) is 7.47. The largest absolute Gasteiger partial charge is 0.376 e. The number of benzene rings is 1. The van der Waals surface area contributed by atoms with Gasteiger partial charge in [0.15, 0.2) is 0 Å². The molecule has 4 heteroatoms. The number of ether oxygens (including phenoxy) is 1. The minimum absolute atomic E-state index is 0.0117. The number of rotatable bonds is 5. The van der Waals surface area contributed by atoms with Crippen LogP contribution in [0.15, 0.2) is 30.3 Å². The Balaban J connectivity index is 1.53. The van der Waals surface area contributed by atoms with E-state index in [2.05, 4.69) is 10.6 Å². The molecule has 1 saturated heterocycles. The lowest BCUT2D eigenvalue weighted by Gasteiger charge is -2.23. The number of amides is 1. The van der Waals surface area contributed by atoms with Crippen LogP contribution in [0.3, 0.4) is 0 Å². The smallest absolute Gasteiger partial charge is 0.241 e. The second-order valence-corrected chi connectivity index (χ2v) is 5.81. The first-order chi connectivity index (χ1) is 9.74. The summed E-state index contributed by atoms with van der Waals surface area (Å²) in [6.07, 6.45) is 3.85. The van der Waals surface area contributed by atoms with E-state index in [0.29, 0.717) is 18.1 Å². The molecule has 1 aliphatic carbocycles. The molecule has 2 N–H and O–H groups in total. The third-order valence-electron chi connectivity index (χ3n) is 4.12. The predicted molar refractivity (Wildman–Crippen MR) is 78.5 cm³/mol. The van der Waals surface area contributed by atoms with Crippen molar-refractivity contribution in [3.8, 4) is 0 Å². The molecule has 0 spiro atoms. The van der Waals surface area contributed by atoms with E-state index in [9.17, 15) is 4.79 Å². The Morgan fingerprint density at radius 3 is 2.70 bits per heavy atom. The summed E-state index contributed by atoms with van der Waals surface area (Å²) in [7, 11) is 0. The molecule has 3 unspecified atom stereocenters. The molecular weight excluding hydrogens is 252 g/mol. The van der Waals surface area contributed by atoms with Crippen molar-refractivity contribution in [2.45, 2.75) is 44.4 Å². The Kier molecular flexibility index (Phi) is 4.03. The lowest BCUT2D eigenvalue weighted by Crippen LogP contribution is -2.47. The van der Waals surface area contributed by atoms with Crippen molar-refractivity contribution >= 4 is 11.6 Å². The molecule has 3 atom stereocenters. The molecular formula is C16H22N2O2. The molecule has 3 rings (SSSR count). The summed E-state index contributed by atoms with van der Waals surface area (Å²) in [5.41, 5.74) is 0.840. The Morgan fingerprint density at radius 2 is 2.00 bits per heavy atom. The van der Waals surface area contributed by atoms with Crippen molar-refractivity contribution in [1.29, 1.82) is 0 Å². The van der Waals surface area contributed by atoms with Gasteiger partial charge < -0.3 is 15.4 Å². The monoisotopic (exact) mass is 274 g/mol. The number of hydrogen-bond acceptors (Lipinski definition) is 3. The van der Waals surface area contributed by atoms with Crippen molar-refractivity contribution in [2.24, 2.45) is 5.92 Å². The van der Waals surface area contributed by atoms with Gasteiger partial charge in [0.05, 0.1) is 12.1 Å². The molecule has 2 fully saturated rings. The molecule has 1 aromatic rings. The van der Waals surface area contributed by atoms with Gasteiger partial charge in [-0.1, -0.05) is 18.2 Å². The maximum Gasteiger partial charge on any atom is 0.241 e.